The minimum atomic E-state index is -4.42. The molecule has 0 unspecified atom stereocenters. The second-order valence-corrected chi connectivity index (χ2v) is 12.2. The first-order chi connectivity index (χ1) is 17.7. The van der Waals surface area contributed by atoms with Gasteiger partial charge in [-0.05, 0) is 61.0 Å². The lowest BCUT2D eigenvalue weighted by Crippen LogP contribution is -2.29. The van der Waals surface area contributed by atoms with Crippen LogP contribution in [0.4, 0.5) is 11.4 Å². The van der Waals surface area contributed by atoms with Gasteiger partial charge in [-0.1, -0.05) is 30.3 Å². The Bertz CT molecular complexity index is 1740. The van der Waals surface area contributed by atoms with E-state index in [4.69, 9.17) is 0 Å². The maximum atomic E-state index is 12.2. The Morgan fingerprint density at radius 1 is 0.974 bits per heavy atom. The van der Waals surface area contributed by atoms with E-state index in [1.54, 1.807) is 54.8 Å². The Hall–Kier alpha value is -3.64. The number of benzene rings is 3. The quantitative estimate of drug-likeness (QED) is 0.250. The molecule has 0 aliphatic carbocycles. The molecular weight excluding hydrogens is 528 g/mol. The molecule has 0 atom stereocenters. The first kappa shape index (κ1) is 27.4. The Morgan fingerprint density at radius 3 is 2.26 bits per heavy atom. The minimum absolute atomic E-state index is 0.189. The summed E-state index contributed by atoms with van der Waals surface area (Å²) in [6, 6.07) is 16.6. The van der Waals surface area contributed by atoms with Gasteiger partial charge in [0, 0.05) is 36.5 Å². The standard InChI is InChI=1S/C27H26N2O7S2/c1-19(30)28(21-9-5-4-6-10-21)16-8-7-11-25-27(2,3)26-23-14-13-22(38(34,35)36)17-20(23)12-15-24(26)29(25)18-37(31,32)33/h4-17H,18H2,1-3H3,(H-,31,32,33,34,35,36)/p+1. The summed E-state index contributed by atoms with van der Waals surface area (Å²) in [7, 11) is -8.82. The van der Waals surface area contributed by atoms with Gasteiger partial charge in [-0.15, -0.1) is 0 Å². The van der Waals surface area contributed by atoms with E-state index in [0.717, 1.165) is 5.56 Å². The summed E-state index contributed by atoms with van der Waals surface area (Å²) >= 11 is 0. The van der Waals surface area contributed by atoms with E-state index in [9.17, 15) is 30.7 Å². The van der Waals surface area contributed by atoms with Gasteiger partial charge in [0.1, 0.15) is 0 Å². The normalized spacial score (nSPS) is 15.5. The van der Waals surface area contributed by atoms with Crippen LogP contribution in [0.2, 0.25) is 0 Å². The zero-order chi connectivity index (χ0) is 27.9. The number of nitrogens with zero attached hydrogens (tertiary/aromatic N) is 2. The molecule has 0 radical (unpaired) electrons. The number of para-hydroxylation sites is 1. The number of carbonyl (C=O) groups is 1. The van der Waals surface area contributed by atoms with E-state index in [0.29, 0.717) is 27.9 Å². The van der Waals surface area contributed by atoms with Crippen LogP contribution in [0.25, 0.3) is 10.8 Å². The highest BCUT2D eigenvalue weighted by atomic mass is 32.2. The average Bonchev–Trinajstić information content (AvgIpc) is 3.03. The molecule has 2 N–H and O–H groups in total. The molecule has 3 aromatic carbocycles. The molecule has 1 heterocycles. The van der Waals surface area contributed by atoms with Crippen molar-refractivity contribution < 1.29 is 35.3 Å². The van der Waals surface area contributed by atoms with Crippen LogP contribution in [0.5, 0.6) is 0 Å². The minimum Gasteiger partial charge on any atom is -0.288 e. The first-order valence-electron chi connectivity index (χ1n) is 11.5. The van der Waals surface area contributed by atoms with Gasteiger partial charge in [-0.25, -0.2) is 0 Å². The fourth-order valence-corrected chi connectivity index (χ4v) is 5.90. The summed E-state index contributed by atoms with van der Waals surface area (Å²) in [6.45, 7) is 5.22. The van der Waals surface area contributed by atoms with Gasteiger partial charge in [-0.2, -0.15) is 21.4 Å². The van der Waals surface area contributed by atoms with Crippen LogP contribution in [0.1, 0.15) is 26.3 Å². The molecule has 1 aliphatic rings. The lowest BCUT2D eigenvalue weighted by molar-refractivity contribution is -0.415. The highest BCUT2D eigenvalue weighted by Crippen LogP contribution is 2.44. The van der Waals surface area contributed by atoms with E-state index in [-0.39, 0.29) is 10.8 Å². The molecule has 0 spiro atoms. The third-order valence-electron chi connectivity index (χ3n) is 6.38. The molecule has 3 aromatic rings. The van der Waals surface area contributed by atoms with Gasteiger partial charge in [-0.3, -0.25) is 18.8 Å². The van der Waals surface area contributed by atoms with Crippen LogP contribution in [0.15, 0.2) is 90.0 Å². The van der Waals surface area contributed by atoms with Crippen molar-refractivity contribution in [3.8, 4) is 0 Å². The smallest absolute Gasteiger partial charge is 0.288 e. The highest BCUT2D eigenvalue weighted by Gasteiger charge is 2.46. The molecular formula is C27H27N2O7S2+. The van der Waals surface area contributed by atoms with Gasteiger partial charge < -0.3 is 0 Å². The van der Waals surface area contributed by atoms with Gasteiger partial charge in [0.2, 0.25) is 11.6 Å². The van der Waals surface area contributed by atoms with Crippen LogP contribution in [0, 0.1) is 0 Å². The third-order valence-corrected chi connectivity index (χ3v) is 7.81. The molecule has 11 heteroatoms. The Labute approximate surface area is 221 Å². The SMILES string of the molecule is CC(=O)N(/C=C/C=C/C1=[N+](CS(=O)(=O)O)c2ccc3cc(S(=O)(=O)O)ccc3c2C1(C)C)c1ccccc1. The Kier molecular flexibility index (Phi) is 7.15. The fourth-order valence-electron chi connectivity index (χ4n) is 4.78. The summed E-state index contributed by atoms with van der Waals surface area (Å²) in [6.07, 6.45) is 6.65. The lowest BCUT2D eigenvalue weighted by atomic mass is 9.79. The zero-order valence-electron chi connectivity index (χ0n) is 20.9. The van der Waals surface area contributed by atoms with E-state index >= 15 is 0 Å². The molecule has 0 fully saturated rings. The summed E-state index contributed by atoms with van der Waals surface area (Å²) in [4.78, 5) is 13.4. The molecule has 0 saturated heterocycles. The maximum Gasteiger partial charge on any atom is 0.326 e. The number of rotatable bonds is 7. The number of amides is 1. The molecule has 38 heavy (non-hydrogen) atoms. The number of hydrogen-bond donors (Lipinski definition) is 2. The van der Waals surface area contributed by atoms with Crippen molar-refractivity contribution in [2.75, 3.05) is 10.8 Å². The van der Waals surface area contributed by atoms with Crippen LogP contribution in [-0.2, 0) is 30.4 Å². The number of carbonyl (C=O) groups excluding carboxylic acids is 1. The maximum absolute atomic E-state index is 12.2. The molecule has 0 aromatic heterocycles. The number of fused-ring (bicyclic) bond motifs is 3. The number of anilines is 1. The van der Waals surface area contributed by atoms with E-state index in [1.807, 2.05) is 32.0 Å². The van der Waals surface area contributed by atoms with Crippen molar-refractivity contribution in [3.63, 3.8) is 0 Å². The summed E-state index contributed by atoms with van der Waals surface area (Å²) < 4.78 is 67.8. The van der Waals surface area contributed by atoms with Gasteiger partial charge in [0.15, 0.2) is 5.71 Å². The number of allylic oxidation sites excluding steroid dienone is 3. The molecule has 1 amide bonds. The van der Waals surface area contributed by atoms with Crippen molar-refractivity contribution in [1.29, 1.82) is 0 Å². The molecule has 4 rings (SSSR count). The lowest BCUT2D eigenvalue weighted by Gasteiger charge is -2.18. The van der Waals surface area contributed by atoms with E-state index in [2.05, 4.69) is 0 Å². The van der Waals surface area contributed by atoms with E-state index < -0.39 is 31.5 Å². The third kappa shape index (κ3) is 5.46. The molecule has 1 aliphatic heterocycles. The van der Waals surface area contributed by atoms with Crippen molar-refractivity contribution in [1.82, 2.24) is 0 Å². The van der Waals surface area contributed by atoms with Crippen LogP contribution < -0.4 is 4.90 Å². The molecule has 9 nitrogen and oxygen atoms in total. The summed E-state index contributed by atoms with van der Waals surface area (Å²) in [5.41, 5.74) is 1.77. The van der Waals surface area contributed by atoms with Gasteiger partial charge in [0.05, 0.1) is 10.3 Å². The van der Waals surface area contributed by atoms with Crippen molar-refractivity contribution >= 4 is 54.0 Å². The Balaban J connectivity index is 1.80. The topological polar surface area (TPSA) is 132 Å². The first-order valence-corrected chi connectivity index (χ1v) is 14.6. The van der Waals surface area contributed by atoms with Gasteiger partial charge >= 0.3 is 10.1 Å². The monoisotopic (exact) mass is 555 g/mol. The fraction of sp³-hybridized carbons (Fsp3) is 0.185. The molecule has 198 valence electrons. The molecule has 0 bridgehead atoms. The van der Waals surface area contributed by atoms with Crippen molar-refractivity contribution in [3.05, 3.63) is 90.7 Å². The van der Waals surface area contributed by atoms with E-state index in [1.165, 1.54) is 28.5 Å². The Morgan fingerprint density at radius 2 is 1.66 bits per heavy atom. The highest BCUT2D eigenvalue weighted by molar-refractivity contribution is 7.86. The van der Waals surface area contributed by atoms with Crippen molar-refractivity contribution in [2.45, 2.75) is 31.1 Å². The van der Waals surface area contributed by atoms with Crippen molar-refractivity contribution in [2.24, 2.45) is 0 Å². The summed E-state index contributed by atoms with van der Waals surface area (Å²) in [5.74, 6) is -0.879. The van der Waals surface area contributed by atoms with Crippen LogP contribution in [-0.4, -0.2) is 48.0 Å². The second-order valence-electron chi connectivity index (χ2n) is 9.39. The van der Waals surface area contributed by atoms with Crippen LogP contribution >= 0.6 is 0 Å². The molecule has 0 saturated carbocycles. The zero-order valence-corrected chi connectivity index (χ0v) is 22.6. The predicted molar refractivity (Wildman–Crippen MR) is 146 cm³/mol. The average molecular weight is 556 g/mol. The van der Waals surface area contributed by atoms with Gasteiger partial charge in [0.25, 0.3) is 16.0 Å². The van der Waals surface area contributed by atoms with Crippen LogP contribution in [0.3, 0.4) is 0 Å². The second kappa shape index (κ2) is 9.91. The summed E-state index contributed by atoms with van der Waals surface area (Å²) in [5, 5.41) is 1.22. The predicted octanol–water partition coefficient (Wildman–Crippen LogP) is 4.43. The number of hydrogen-bond acceptors (Lipinski definition) is 5. The largest absolute Gasteiger partial charge is 0.326 e.